The van der Waals surface area contributed by atoms with Crippen molar-refractivity contribution >= 4 is 32.6 Å². The Labute approximate surface area is 125 Å². The van der Waals surface area contributed by atoms with Crippen LogP contribution in [0.4, 0.5) is 5.13 Å². The highest BCUT2D eigenvalue weighted by Crippen LogP contribution is 2.32. The van der Waals surface area contributed by atoms with Crippen molar-refractivity contribution in [2.24, 2.45) is 0 Å². The van der Waals surface area contributed by atoms with Crippen molar-refractivity contribution < 1.29 is 9.53 Å². The lowest BCUT2D eigenvalue weighted by atomic mass is 10.2. The summed E-state index contributed by atoms with van der Waals surface area (Å²) in [5.74, 6) is 0.502. The first-order valence-corrected chi connectivity index (χ1v) is 7.16. The quantitative estimate of drug-likeness (QED) is 0.806. The van der Waals surface area contributed by atoms with Gasteiger partial charge in [0.15, 0.2) is 5.13 Å². The van der Waals surface area contributed by atoms with Crippen molar-refractivity contribution in [2.75, 3.05) is 12.4 Å². The minimum absolute atomic E-state index is 0.196. The molecule has 0 atom stereocenters. The van der Waals surface area contributed by atoms with Crippen LogP contribution >= 0.6 is 11.3 Å². The molecule has 6 heteroatoms. The second-order valence-electron chi connectivity index (χ2n) is 4.47. The smallest absolute Gasteiger partial charge is 0.257 e. The number of hydrogen-bond acceptors (Lipinski definition) is 5. The lowest BCUT2D eigenvalue weighted by molar-refractivity contribution is 0.102. The Morgan fingerprint density at radius 2 is 2.19 bits per heavy atom. The number of aromatic nitrogens is 2. The van der Waals surface area contributed by atoms with Gasteiger partial charge < -0.3 is 4.74 Å². The molecule has 2 heterocycles. The van der Waals surface area contributed by atoms with E-state index in [1.165, 1.54) is 11.3 Å². The Morgan fingerprint density at radius 3 is 2.95 bits per heavy atom. The van der Waals surface area contributed by atoms with Gasteiger partial charge in [0.1, 0.15) is 11.3 Å². The van der Waals surface area contributed by atoms with Crippen molar-refractivity contribution in [1.29, 1.82) is 0 Å². The van der Waals surface area contributed by atoms with E-state index < -0.39 is 0 Å². The molecule has 0 aliphatic heterocycles. The number of aryl methyl sites for hydroxylation is 1. The lowest BCUT2D eigenvalue weighted by Gasteiger charge is -2.01. The average Bonchev–Trinajstić information content (AvgIpc) is 2.89. The Balaban J connectivity index is 1.90. The van der Waals surface area contributed by atoms with E-state index in [0.29, 0.717) is 16.4 Å². The van der Waals surface area contributed by atoms with E-state index in [9.17, 15) is 4.79 Å². The minimum atomic E-state index is -0.196. The van der Waals surface area contributed by atoms with E-state index in [4.69, 9.17) is 4.74 Å². The number of thiazole rings is 1. The van der Waals surface area contributed by atoms with Gasteiger partial charge in [-0.3, -0.25) is 15.1 Å². The molecule has 0 saturated heterocycles. The Kier molecular flexibility index (Phi) is 3.53. The number of rotatable bonds is 3. The number of nitrogens with zero attached hydrogens (tertiary/aromatic N) is 2. The summed E-state index contributed by atoms with van der Waals surface area (Å²) in [5, 5.41) is 3.36. The van der Waals surface area contributed by atoms with Gasteiger partial charge >= 0.3 is 0 Å². The van der Waals surface area contributed by atoms with Crippen LogP contribution in [0.3, 0.4) is 0 Å². The van der Waals surface area contributed by atoms with E-state index in [2.05, 4.69) is 15.3 Å². The summed E-state index contributed by atoms with van der Waals surface area (Å²) in [6, 6.07) is 9.11. The Hall–Kier alpha value is -2.47. The van der Waals surface area contributed by atoms with Gasteiger partial charge in [-0.2, -0.15) is 0 Å². The third-order valence-electron chi connectivity index (χ3n) is 2.98. The molecule has 0 spiro atoms. The first-order valence-electron chi connectivity index (χ1n) is 6.35. The number of benzene rings is 1. The predicted molar refractivity (Wildman–Crippen MR) is 83.1 cm³/mol. The number of pyridine rings is 1. The number of amides is 1. The Bertz CT molecular complexity index is 814. The summed E-state index contributed by atoms with van der Waals surface area (Å²) in [7, 11) is 1.60. The van der Waals surface area contributed by atoms with Crippen LogP contribution in [-0.2, 0) is 0 Å². The molecule has 21 heavy (non-hydrogen) atoms. The number of ether oxygens (including phenoxy) is 1. The summed E-state index contributed by atoms with van der Waals surface area (Å²) in [6.07, 6.45) is 1.62. The molecule has 0 unspecified atom stereocenters. The summed E-state index contributed by atoms with van der Waals surface area (Å²) in [5.41, 5.74) is 2.12. The third-order valence-corrected chi connectivity index (χ3v) is 3.92. The van der Waals surface area contributed by atoms with Crippen LogP contribution in [0.15, 0.2) is 36.5 Å². The molecule has 2 aromatic heterocycles. The zero-order valence-corrected chi connectivity index (χ0v) is 12.4. The standard InChI is InChI=1S/C15H13N3O2S/c1-9-8-10(6-7-16-9)14(19)18-15-17-13-11(20-2)4-3-5-12(13)21-15/h3-8H,1-2H3,(H,17,18,19). The van der Waals surface area contributed by atoms with Crippen molar-refractivity contribution in [3.05, 3.63) is 47.8 Å². The zero-order valence-electron chi connectivity index (χ0n) is 11.6. The fourth-order valence-corrected chi connectivity index (χ4v) is 2.88. The van der Waals surface area contributed by atoms with Crippen LogP contribution < -0.4 is 10.1 Å². The average molecular weight is 299 g/mol. The topological polar surface area (TPSA) is 64.1 Å². The van der Waals surface area contributed by atoms with Gasteiger partial charge in [0.25, 0.3) is 5.91 Å². The van der Waals surface area contributed by atoms with E-state index in [1.54, 1.807) is 25.4 Å². The molecule has 1 aromatic carbocycles. The van der Waals surface area contributed by atoms with Gasteiger partial charge in [0.2, 0.25) is 0 Å². The zero-order chi connectivity index (χ0) is 14.8. The van der Waals surface area contributed by atoms with Crippen molar-refractivity contribution in [3.63, 3.8) is 0 Å². The molecule has 3 rings (SSSR count). The van der Waals surface area contributed by atoms with Crippen LogP contribution in [0.5, 0.6) is 5.75 Å². The molecule has 0 fully saturated rings. The van der Waals surface area contributed by atoms with Gasteiger partial charge in [0, 0.05) is 17.5 Å². The maximum Gasteiger partial charge on any atom is 0.257 e. The fraction of sp³-hybridized carbons (Fsp3) is 0.133. The summed E-state index contributed by atoms with van der Waals surface area (Å²) >= 11 is 1.42. The number of anilines is 1. The lowest BCUT2D eigenvalue weighted by Crippen LogP contribution is -2.11. The second-order valence-corrected chi connectivity index (χ2v) is 5.50. The van der Waals surface area contributed by atoms with Gasteiger partial charge in [0.05, 0.1) is 11.8 Å². The number of carbonyl (C=O) groups is 1. The van der Waals surface area contributed by atoms with Crippen molar-refractivity contribution in [2.45, 2.75) is 6.92 Å². The van der Waals surface area contributed by atoms with Crippen LogP contribution in [0.25, 0.3) is 10.2 Å². The molecule has 106 valence electrons. The summed E-state index contributed by atoms with van der Waals surface area (Å²) in [6.45, 7) is 1.85. The first kappa shape index (κ1) is 13.5. The number of carbonyl (C=O) groups excluding carboxylic acids is 1. The number of methoxy groups -OCH3 is 1. The van der Waals surface area contributed by atoms with Gasteiger partial charge in [-0.05, 0) is 31.2 Å². The molecule has 1 N–H and O–H groups in total. The monoisotopic (exact) mass is 299 g/mol. The van der Waals surface area contributed by atoms with Crippen LogP contribution in [0.1, 0.15) is 16.1 Å². The number of nitrogens with one attached hydrogen (secondary N) is 1. The molecule has 0 saturated carbocycles. The largest absolute Gasteiger partial charge is 0.494 e. The predicted octanol–water partition coefficient (Wildman–Crippen LogP) is 3.26. The number of para-hydroxylation sites is 1. The van der Waals surface area contributed by atoms with Gasteiger partial charge in [-0.25, -0.2) is 4.98 Å². The SMILES string of the molecule is COc1cccc2sc(NC(=O)c3ccnc(C)c3)nc12. The molecule has 1 amide bonds. The number of hydrogen-bond donors (Lipinski definition) is 1. The van der Waals surface area contributed by atoms with Crippen molar-refractivity contribution in [1.82, 2.24) is 9.97 Å². The van der Waals surface area contributed by atoms with E-state index in [-0.39, 0.29) is 5.91 Å². The molecule has 0 bridgehead atoms. The molecule has 5 nitrogen and oxygen atoms in total. The summed E-state index contributed by atoms with van der Waals surface area (Å²) in [4.78, 5) is 20.7. The molecule has 0 aliphatic rings. The second kappa shape index (κ2) is 5.49. The van der Waals surface area contributed by atoms with Crippen LogP contribution in [0, 0.1) is 6.92 Å². The highest BCUT2D eigenvalue weighted by atomic mass is 32.1. The van der Waals surface area contributed by atoms with Gasteiger partial charge in [-0.1, -0.05) is 17.4 Å². The molecule has 0 radical (unpaired) electrons. The fourth-order valence-electron chi connectivity index (χ4n) is 2.00. The molecular weight excluding hydrogens is 286 g/mol. The van der Waals surface area contributed by atoms with E-state index in [0.717, 1.165) is 15.9 Å². The van der Waals surface area contributed by atoms with Crippen LogP contribution in [0.2, 0.25) is 0 Å². The minimum Gasteiger partial charge on any atom is -0.494 e. The molecular formula is C15H13N3O2S. The first-order chi connectivity index (χ1) is 10.2. The van der Waals surface area contributed by atoms with Crippen molar-refractivity contribution in [3.8, 4) is 5.75 Å². The highest BCUT2D eigenvalue weighted by Gasteiger charge is 2.12. The van der Waals surface area contributed by atoms with Crippen LogP contribution in [-0.4, -0.2) is 23.0 Å². The van der Waals surface area contributed by atoms with Gasteiger partial charge in [-0.15, -0.1) is 0 Å². The maximum atomic E-state index is 12.2. The third kappa shape index (κ3) is 2.71. The number of fused-ring (bicyclic) bond motifs is 1. The van der Waals surface area contributed by atoms with E-state index >= 15 is 0 Å². The Morgan fingerprint density at radius 1 is 1.33 bits per heavy atom. The van der Waals surface area contributed by atoms with E-state index in [1.807, 2.05) is 25.1 Å². The normalized spacial score (nSPS) is 10.6. The molecule has 0 aliphatic carbocycles. The maximum absolute atomic E-state index is 12.2. The summed E-state index contributed by atoms with van der Waals surface area (Å²) < 4.78 is 6.24. The highest BCUT2D eigenvalue weighted by molar-refractivity contribution is 7.22. The molecule has 3 aromatic rings.